The number of hydrogen-bond donors (Lipinski definition) is 2. The van der Waals surface area contributed by atoms with Gasteiger partial charge in [0.1, 0.15) is 6.23 Å². The van der Waals surface area contributed by atoms with Crippen LogP contribution in [0.15, 0.2) is 10.5 Å². The molecule has 1 heterocycles. The summed E-state index contributed by atoms with van der Waals surface area (Å²) in [6, 6.07) is 0. The highest BCUT2D eigenvalue weighted by Gasteiger charge is 2.15. The molecule has 0 aromatic carbocycles. The molecule has 0 saturated heterocycles. The van der Waals surface area contributed by atoms with E-state index in [2.05, 4.69) is 4.72 Å². The highest BCUT2D eigenvalue weighted by atomic mass is 32.2. The van der Waals surface area contributed by atoms with E-state index in [4.69, 9.17) is 5.11 Å². The van der Waals surface area contributed by atoms with E-state index in [0.717, 1.165) is 5.57 Å². The van der Waals surface area contributed by atoms with Crippen LogP contribution < -0.4 is 4.72 Å². The summed E-state index contributed by atoms with van der Waals surface area (Å²) < 4.78 is 2.82. The van der Waals surface area contributed by atoms with Gasteiger partial charge in [0.2, 0.25) is 0 Å². The molecule has 1 unspecified atom stereocenters. The Balaban J connectivity index is 2.71. The van der Waals surface area contributed by atoms with Gasteiger partial charge in [0.15, 0.2) is 0 Å². The van der Waals surface area contributed by atoms with Crippen molar-refractivity contribution in [3.8, 4) is 0 Å². The maximum absolute atomic E-state index is 8.98. The Bertz CT molecular complexity index is 132. The normalized spacial score (nSPS) is 29.6. The van der Waals surface area contributed by atoms with Gasteiger partial charge in [-0.1, -0.05) is 0 Å². The number of rotatable bonds is 0. The predicted molar refractivity (Wildman–Crippen MR) is 35.1 cm³/mol. The van der Waals surface area contributed by atoms with Gasteiger partial charge >= 0.3 is 0 Å². The molecular formula is C5H9NOS. The van der Waals surface area contributed by atoms with Crippen molar-refractivity contribution in [2.24, 2.45) is 0 Å². The molecule has 2 N–H and O–H groups in total. The van der Waals surface area contributed by atoms with E-state index in [1.165, 1.54) is 16.9 Å². The summed E-state index contributed by atoms with van der Waals surface area (Å²) in [6.45, 7) is 3.91. The molecule has 0 saturated carbocycles. The van der Waals surface area contributed by atoms with Crippen LogP contribution in [0.3, 0.4) is 0 Å². The van der Waals surface area contributed by atoms with Gasteiger partial charge in [-0.25, -0.2) is 4.72 Å². The van der Waals surface area contributed by atoms with E-state index in [0.29, 0.717) is 0 Å². The molecule has 1 atom stereocenters. The average Bonchev–Trinajstić information content (AvgIpc) is 1.98. The monoisotopic (exact) mass is 131 g/mol. The van der Waals surface area contributed by atoms with E-state index in [9.17, 15) is 0 Å². The number of aliphatic hydroxyl groups excluding tert-OH is 1. The van der Waals surface area contributed by atoms with Gasteiger partial charge in [-0.05, 0) is 31.4 Å². The van der Waals surface area contributed by atoms with E-state index >= 15 is 0 Å². The first-order valence-electron chi connectivity index (χ1n) is 2.49. The van der Waals surface area contributed by atoms with Crippen molar-refractivity contribution in [1.82, 2.24) is 4.72 Å². The van der Waals surface area contributed by atoms with Crippen molar-refractivity contribution in [2.75, 3.05) is 0 Å². The topological polar surface area (TPSA) is 32.3 Å². The Hall–Kier alpha value is 0.0100. The van der Waals surface area contributed by atoms with Gasteiger partial charge < -0.3 is 5.11 Å². The van der Waals surface area contributed by atoms with E-state index in [1.54, 1.807) is 0 Å². The third kappa shape index (κ3) is 0.891. The summed E-state index contributed by atoms with van der Waals surface area (Å²) in [6.07, 6.45) is -0.417. The second kappa shape index (κ2) is 2.09. The van der Waals surface area contributed by atoms with E-state index < -0.39 is 6.23 Å². The zero-order valence-corrected chi connectivity index (χ0v) is 5.75. The van der Waals surface area contributed by atoms with Crippen LogP contribution in [-0.4, -0.2) is 11.3 Å². The molecule has 0 aromatic heterocycles. The number of allylic oxidation sites excluding steroid dienone is 1. The fraction of sp³-hybridized carbons (Fsp3) is 0.600. The van der Waals surface area contributed by atoms with Crippen LogP contribution in [0.5, 0.6) is 0 Å². The standard InChI is InChI=1S/C5H9NOS/c1-3-4(2)8-6-5(3)7/h5-7H,1-2H3. The van der Waals surface area contributed by atoms with Crippen LogP contribution in [0, 0.1) is 0 Å². The summed E-state index contributed by atoms with van der Waals surface area (Å²) in [7, 11) is 0. The van der Waals surface area contributed by atoms with Gasteiger partial charge in [-0.15, -0.1) is 0 Å². The highest BCUT2D eigenvalue weighted by Crippen LogP contribution is 2.25. The highest BCUT2D eigenvalue weighted by molar-refractivity contribution is 8.01. The maximum atomic E-state index is 8.98. The largest absolute Gasteiger partial charge is 0.374 e. The molecule has 46 valence electrons. The lowest BCUT2D eigenvalue weighted by atomic mass is 10.3. The van der Waals surface area contributed by atoms with Crippen LogP contribution in [0.25, 0.3) is 0 Å². The molecule has 0 fully saturated rings. The maximum Gasteiger partial charge on any atom is 0.136 e. The van der Waals surface area contributed by atoms with E-state index in [1.807, 2.05) is 13.8 Å². The first-order chi connectivity index (χ1) is 3.72. The van der Waals surface area contributed by atoms with Crippen molar-refractivity contribution < 1.29 is 5.11 Å². The molecule has 3 heteroatoms. The van der Waals surface area contributed by atoms with Crippen LogP contribution in [0.4, 0.5) is 0 Å². The minimum Gasteiger partial charge on any atom is -0.374 e. The first-order valence-corrected chi connectivity index (χ1v) is 3.31. The van der Waals surface area contributed by atoms with Crippen LogP contribution in [0.1, 0.15) is 13.8 Å². The summed E-state index contributed by atoms with van der Waals surface area (Å²) in [5, 5.41) is 8.98. The molecule has 2 nitrogen and oxygen atoms in total. The summed E-state index contributed by atoms with van der Waals surface area (Å²) >= 11 is 1.49. The lowest BCUT2D eigenvalue weighted by Gasteiger charge is -1.99. The van der Waals surface area contributed by atoms with Crippen LogP contribution >= 0.6 is 11.9 Å². The molecule has 1 aliphatic heterocycles. The zero-order chi connectivity index (χ0) is 6.15. The molecule has 0 amide bonds. The molecule has 0 radical (unpaired) electrons. The van der Waals surface area contributed by atoms with Gasteiger partial charge in [-0.2, -0.15) is 0 Å². The quantitative estimate of drug-likeness (QED) is 0.478. The van der Waals surface area contributed by atoms with Crippen molar-refractivity contribution in [3.63, 3.8) is 0 Å². The molecule has 0 aliphatic carbocycles. The summed E-state index contributed by atoms with van der Waals surface area (Å²) in [4.78, 5) is 1.18. The Morgan fingerprint density at radius 1 is 1.62 bits per heavy atom. The van der Waals surface area contributed by atoms with Crippen molar-refractivity contribution in [2.45, 2.75) is 20.1 Å². The van der Waals surface area contributed by atoms with Crippen LogP contribution in [0.2, 0.25) is 0 Å². The summed E-state index contributed by atoms with van der Waals surface area (Å²) in [5.74, 6) is 0. The van der Waals surface area contributed by atoms with Crippen molar-refractivity contribution in [1.29, 1.82) is 0 Å². The molecule has 0 spiro atoms. The summed E-state index contributed by atoms with van der Waals surface area (Å²) in [5.41, 5.74) is 1.04. The third-order valence-corrected chi connectivity index (χ3v) is 2.26. The number of aliphatic hydroxyl groups is 1. The van der Waals surface area contributed by atoms with Gasteiger partial charge in [0.25, 0.3) is 0 Å². The Kier molecular flexibility index (Phi) is 1.60. The molecule has 0 bridgehead atoms. The second-order valence-corrected chi connectivity index (χ2v) is 2.91. The van der Waals surface area contributed by atoms with Gasteiger partial charge in [0.05, 0.1) is 0 Å². The fourth-order valence-corrected chi connectivity index (χ4v) is 1.24. The SMILES string of the molecule is CC1=C(C)C(O)NS1. The minimum atomic E-state index is -0.417. The first kappa shape index (κ1) is 6.13. The Labute approximate surface area is 53.1 Å². The lowest BCUT2D eigenvalue weighted by Crippen LogP contribution is -2.17. The molecule has 8 heavy (non-hydrogen) atoms. The lowest BCUT2D eigenvalue weighted by molar-refractivity contribution is 0.207. The molecule has 0 aromatic rings. The second-order valence-electron chi connectivity index (χ2n) is 1.86. The minimum absolute atomic E-state index is 0.417. The van der Waals surface area contributed by atoms with E-state index in [-0.39, 0.29) is 0 Å². The zero-order valence-electron chi connectivity index (χ0n) is 4.93. The van der Waals surface area contributed by atoms with Crippen molar-refractivity contribution in [3.05, 3.63) is 10.5 Å². The number of hydrogen-bond acceptors (Lipinski definition) is 3. The number of nitrogens with one attached hydrogen (secondary N) is 1. The Morgan fingerprint density at radius 2 is 2.25 bits per heavy atom. The predicted octanol–water partition coefficient (Wildman–Crippen LogP) is 0.850. The molecule has 1 aliphatic rings. The Morgan fingerprint density at radius 3 is 2.38 bits per heavy atom. The molecular weight excluding hydrogens is 122 g/mol. The fourth-order valence-electron chi connectivity index (χ4n) is 0.506. The smallest absolute Gasteiger partial charge is 0.136 e. The van der Waals surface area contributed by atoms with Crippen molar-refractivity contribution >= 4 is 11.9 Å². The average molecular weight is 131 g/mol. The molecule has 1 rings (SSSR count). The van der Waals surface area contributed by atoms with Gasteiger partial charge in [0, 0.05) is 4.91 Å². The van der Waals surface area contributed by atoms with Crippen LogP contribution in [-0.2, 0) is 0 Å². The third-order valence-electron chi connectivity index (χ3n) is 1.29. The van der Waals surface area contributed by atoms with Gasteiger partial charge in [-0.3, -0.25) is 0 Å².